The molecule has 0 atom stereocenters. The lowest BCUT2D eigenvalue weighted by Crippen LogP contribution is -2.18. The van der Waals surface area contributed by atoms with Crippen LogP contribution in [-0.2, 0) is 14.8 Å². The van der Waals surface area contributed by atoms with Gasteiger partial charge in [-0.1, -0.05) is 6.92 Å². The fourth-order valence-electron chi connectivity index (χ4n) is 2.91. The van der Waals surface area contributed by atoms with Gasteiger partial charge in [0.1, 0.15) is 12.4 Å². The number of halogens is 2. The maximum atomic E-state index is 14.9. The average Bonchev–Trinajstić information content (AvgIpc) is 2.75. The number of nitrogens with zero attached hydrogens (tertiary/aromatic N) is 2. The molecule has 0 unspecified atom stereocenters. The predicted octanol–water partition coefficient (Wildman–Crippen LogP) is 3.32. The van der Waals surface area contributed by atoms with E-state index in [-0.39, 0.29) is 29.3 Å². The first-order valence-corrected chi connectivity index (χ1v) is 11.3. The molecular formula is C21H21F2N3O5S. The van der Waals surface area contributed by atoms with E-state index in [2.05, 4.69) is 14.7 Å². The molecule has 11 heteroatoms. The number of anilines is 1. The average molecular weight is 465 g/mol. The van der Waals surface area contributed by atoms with Gasteiger partial charge in [-0.2, -0.15) is 0 Å². The summed E-state index contributed by atoms with van der Waals surface area (Å²) >= 11 is 0. The van der Waals surface area contributed by atoms with Gasteiger partial charge in [0.2, 0.25) is 15.9 Å². The standard InChI is InChI=1S/C21H21F2N3O5S/c1-3-10-32(28,29)26-16-7-5-14(22)19(20(16)23)21(27)13-4-6-15-17(11-13)25-18(12-24-15)31-9-8-30-2/h4-7,11-12,26H,3,8-10H2,1-2H3. The highest BCUT2D eigenvalue weighted by molar-refractivity contribution is 7.92. The summed E-state index contributed by atoms with van der Waals surface area (Å²) in [4.78, 5) is 21.3. The van der Waals surface area contributed by atoms with Gasteiger partial charge in [0.05, 0.1) is 40.8 Å². The molecule has 2 aromatic carbocycles. The van der Waals surface area contributed by atoms with Crippen molar-refractivity contribution in [2.45, 2.75) is 13.3 Å². The van der Waals surface area contributed by atoms with Crippen LogP contribution < -0.4 is 9.46 Å². The zero-order chi connectivity index (χ0) is 23.3. The minimum Gasteiger partial charge on any atom is -0.474 e. The molecule has 8 nitrogen and oxygen atoms in total. The lowest BCUT2D eigenvalue weighted by atomic mass is 10.0. The zero-order valence-corrected chi connectivity index (χ0v) is 18.2. The monoisotopic (exact) mass is 465 g/mol. The largest absolute Gasteiger partial charge is 0.474 e. The summed E-state index contributed by atoms with van der Waals surface area (Å²) in [5, 5.41) is 0. The molecule has 32 heavy (non-hydrogen) atoms. The quantitative estimate of drug-likeness (QED) is 0.362. The van der Waals surface area contributed by atoms with Gasteiger partial charge in [-0.15, -0.1) is 0 Å². The molecule has 1 heterocycles. The molecular weight excluding hydrogens is 444 g/mol. The van der Waals surface area contributed by atoms with E-state index >= 15 is 0 Å². The Hall–Kier alpha value is -3.18. The number of methoxy groups -OCH3 is 1. The Morgan fingerprint density at radius 2 is 1.91 bits per heavy atom. The van der Waals surface area contributed by atoms with E-state index in [9.17, 15) is 22.0 Å². The summed E-state index contributed by atoms with van der Waals surface area (Å²) in [6.45, 7) is 2.23. The lowest BCUT2D eigenvalue weighted by molar-refractivity contribution is 0.103. The molecule has 0 spiro atoms. The SMILES string of the molecule is CCCS(=O)(=O)Nc1ccc(F)c(C(=O)c2ccc3ncc(OCCOC)nc3c2)c1F. The number of ether oxygens (including phenoxy) is 2. The fourth-order valence-corrected chi connectivity index (χ4v) is 4.04. The number of benzene rings is 2. The maximum Gasteiger partial charge on any atom is 0.232 e. The Bertz CT molecular complexity index is 1250. The van der Waals surface area contributed by atoms with Crippen molar-refractivity contribution in [3.05, 3.63) is 59.3 Å². The minimum atomic E-state index is -3.84. The number of ketones is 1. The normalized spacial score (nSPS) is 11.5. The summed E-state index contributed by atoms with van der Waals surface area (Å²) in [6, 6.07) is 5.95. The summed E-state index contributed by atoms with van der Waals surface area (Å²) in [5.41, 5.74) is -0.694. The van der Waals surface area contributed by atoms with Gasteiger partial charge in [-0.05, 0) is 36.8 Å². The van der Waals surface area contributed by atoms with Crippen LogP contribution in [0.1, 0.15) is 29.3 Å². The van der Waals surface area contributed by atoms with Crippen LogP contribution in [0, 0.1) is 11.6 Å². The van der Waals surface area contributed by atoms with E-state index in [0.29, 0.717) is 18.5 Å². The van der Waals surface area contributed by atoms with Gasteiger partial charge in [-0.3, -0.25) is 9.52 Å². The second kappa shape index (κ2) is 9.96. The van der Waals surface area contributed by atoms with E-state index in [1.165, 1.54) is 31.5 Å². The fraction of sp³-hybridized carbons (Fsp3) is 0.286. The van der Waals surface area contributed by atoms with Crippen molar-refractivity contribution in [2.75, 3.05) is 30.8 Å². The maximum absolute atomic E-state index is 14.9. The van der Waals surface area contributed by atoms with Crippen molar-refractivity contribution in [3.8, 4) is 5.88 Å². The van der Waals surface area contributed by atoms with Crippen LogP contribution in [-0.4, -0.2) is 50.2 Å². The molecule has 3 aromatic rings. The first kappa shape index (κ1) is 23.5. The van der Waals surface area contributed by atoms with Gasteiger partial charge >= 0.3 is 0 Å². The van der Waals surface area contributed by atoms with Crippen LogP contribution in [0.4, 0.5) is 14.5 Å². The van der Waals surface area contributed by atoms with E-state index in [1.807, 2.05) is 0 Å². The van der Waals surface area contributed by atoms with Crippen molar-refractivity contribution in [2.24, 2.45) is 0 Å². The number of rotatable bonds is 10. The van der Waals surface area contributed by atoms with Gasteiger partial charge in [-0.25, -0.2) is 27.2 Å². The van der Waals surface area contributed by atoms with Gasteiger partial charge in [0.15, 0.2) is 11.6 Å². The molecule has 0 aliphatic carbocycles. The number of hydrogen-bond donors (Lipinski definition) is 1. The number of fused-ring (bicyclic) bond motifs is 1. The number of sulfonamides is 1. The molecule has 1 aromatic heterocycles. The highest BCUT2D eigenvalue weighted by Gasteiger charge is 2.24. The van der Waals surface area contributed by atoms with Gasteiger partial charge in [0.25, 0.3) is 0 Å². The zero-order valence-electron chi connectivity index (χ0n) is 17.4. The Morgan fingerprint density at radius 3 is 2.62 bits per heavy atom. The number of aromatic nitrogens is 2. The summed E-state index contributed by atoms with van der Waals surface area (Å²) in [7, 11) is -2.31. The molecule has 0 bridgehead atoms. The molecule has 0 amide bonds. The van der Waals surface area contributed by atoms with Crippen LogP contribution in [0.3, 0.4) is 0 Å². The second-order valence-corrected chi connectivity index (χ2v) is 8.63. The van der Waals surface area contributed by atoms with E-state index in [0.717, 1.165) is 12.1 Å². The minimum absolute atomic E-state index is 0.0489. The molecule has 170 valence electrons. The molecule has 3 rings (SSSR count). The van der Waals surface area contributed by atoms with Crippen molar-refractivity contribution < 1.29 is 31.5 Å². The highest BCUT2D eigenvalue weighted by Crippen LogP contribution is 2.26. The Kier molecular flexibility index (Phi) is 7.31. The Balaban J connectivity index is 1.96. The van der Waals surface area contributed by atoms with Crippen molar-refractivity contribution >= 4 is 32.5 Å². The molecule has 0 aliphatic rings. The smallest absolute Gasteiger partial charge is 0.232 e. The molecule has 0 fully saturated rings. The number of carbonyl (C=O) groups excluding carboxylic acids is 1. The number of carbonyl (C=O) groups is 1. The second-order valence-electron chi connectivity index (χ2n) is 6.79. The third kappa shape index (κ3) is 5.35. The van der Waals surface area contributed by atoms with Crippen LogP contribution in [0.25, 0.3) is 11.0 Å². The van der Waals surface area contributed by atoms with Crippen molar-refractivity contribution in [1.82, 2.24) is 9.97 Å². The van der Waals surface area contributed by atoms with Crippen LogP contribution in [0.15, 0.2) is 36.5 Å². The molecule has 1 N–H and O–H groups in total. The summed E-state index contributed by atoms with van der Waals surface area (Å²) in [5.74, 6) is -3.42. The molecule has 0 radical (unpaired) electrons. The van der Waals surface area contributed by atoms with Crippen LogP contribution in [0.5, 0.6) is 5.88 Å². The molecule has 0 aliphatic heterocycles. The van der Waals surface area contributed by atoms with E-state index < -0.39 is 38.7 Å². The predicted molar refractivity (Wildman–Crippen MR) is 114 cm³/mol. The Morgan fingerprint density at radius 1 is 1.12 bits per heavy atom. The van der Waals surface area contributed by atoms with Crippen molar-refractivity contribution in [1.29, 1.82) is 0 Å². The van der Waals surface area contributed by atoms with E-state index in [1.54, 1.807) is 6.92 Å². The molecule has 0 saturated heterocycles. The summed E-state index contributed by atoms with van der Waals surface area (Å²) in [6.07, 6.45) is 1.71. The number of nitrogens with one attached hydrogen (secondary N) is 1. The van der Waals surface area contributed by atoms with Gasteiger partial charge in [0, 0.05) is 12.7 Å². The third-order valence-corrected chi connectivity index (χ3v) is 5.85. The third-order valence-electron chi connectivity index (χ3n) is 4.38. The highest BCUT2D eigenvalue weighted by atomic mass is 32.2. The van der Waals surface area contributed by atoms with Gasteiger partial charge < -0.3 is 9.47 Å². The number of hydrogen-bond acceptors (Lipinski definition) is 7. The van der Waals surface area contributed by atoms with E-state index in [4.69, 9.17) is 9.47 Å². The topological polar surface area (TPSA) is 107 Å². The lowest BCUT2D eigenvalue weighted by Gasteiger charge is -2.12. The first-order chi connectivity index (χ1) is 15.3. The molecule has 0 saturated carbocycles. The Labute approximate surface area is 183 Å². The van der Waals surface area contributed by atoms with Crippen LogP contribution in [0.2, 0.25) is 0 Å². The van der Waals surface area contributed by atoms with Crippen molar-refractivity contribution in [3.63, 3.8) is 0 Å². The van der Waals surface area contributed by atoms with Crippen LogP contribution >= 0.6 is 0 Å². The first-order valence-electron chi connectivity index (χ1n) is 9.67. The summed E-state index contributed by atoms with van der Waals surface area (Å²) < 4.78 is 65.6.